The van der Waals surface area contributed by atoms with Crippen LogP contribution in [0.1, 0.15) is 13.3 Å². The molecule has 0 aromatic rings. The zero-order valence-electron chi connectivity index (χ0n) is 11.1. The van der Waals surface area contributed by atoms with Gasteiger partial charge in [-0.25, -0.2) is 4.79 Å². The van der Waals surface area contributed by atoms with E-state index in [1.54, 1.807) is 21.0 Å². The smallest absolute Gasteiger partial charge is 0.353 e. The Morgan fingerprint density at radius 2 is 2.05 bits per heavy atom. The van der Waals surface area contributed by atoms with Gasteiger partial charge < -0.3 is 19.7 Å². The zero-order chi connectivity index (χ0) is 14.6. The molecule has 1 unspecified atom stereocenters. The first-order valence-electron chi connectivity index (χ1n) is 5.81. The molecule has 1 atom stereocenters. The van der Waals surface area contributed by atoms with Crippen LogP contribution >= 0.6 is 0 Å². The van der Waals surface area contributed by atoms with Crippen LogP contribution in [0.3, 0.4) is 0 Å². The maximum Gasteiger partial charge on any atom is 0.353 e. The molecule has 106 valence electrons. The van der Waals surface area contributed by atoms with Gasteiger partial charge in [0, 0.05) is 27.1 Å². The summed E-state index contributed by atoms with van der Waals surface area (Å²) in [5.74, 6) is -1.85. The Bertz CT molecular complexity index is 419. The lowest BCUT2D eigenvalue weighted by Gasteiger charge is -2.23. The van der Waals surface area contributed by atoms with E-state index >= 15 is 0 Å². The van der Waals surface area contributed by atoms with Crippen molar-refractivity contribution < 1.29 is 24.3 Å². The van der Waals surface area contributed by atoms with Gasteiger partial charge in [-0.15, -0.1) is 0 Å². The topological polar surface area (TPSA) is 99.5 Å². The fraction of sp³-hybridized carbons (Fsp3) is 0.636. The normalized spacial score (nSPS) is 17.4. The van der Waals surface area contributed by atoms with Crippen LogP contribution < -0.4 is 0 Å². The number of hydrogen-bond acceptors (Lipinski definition) is 5. The molecule has 0 aromatic carbocycles. The molecule has 0 aliphatic carbocycles. The van der Waals surface area contributed by atoms with E-state index < -0.39 is 18.0 Å². The summed E-state index contributed by atoms with van der Waals surface area (Å²) >= 11 is 0. The number of aliphatic carboxylic acids is 1. The van der Waals surface area contributed by atoms with Gasteiger partial charge in [0.25, 0.3) is 5.91 Å². The highest BCUT2D eigenvalue weighted by Gasteiger charge is 2.34. The largest absolute Gasteiger partial charge is 0.477 e. The van der Waals surface area contributed by atoms with Crippen LogP contribution in [-0.2, 0) is 19.2 Å². The molecule has 1 N–H and O–H groups in total. The van der Waals surface area contributed by atoms with Gasteiger partial charge in [0.05, 0.1) is 6.54 Å². The molecule has 0 saturated heterocycles. The van der Waals surface area contributed by atoms with Crippen molar-refractivity contribution >= 4 is 23.5 Å². The van der Waals surface area contributed by atoms with Gasteiger partial charge in [0.1, 0.15) is 0 Å². The number of hydrogen-bond donors (Lipinski definition) is 1. The van der Waals surface area contributed by atoms with E-state index in [-0.39, 0.29) is 24.6 Å². The number of likely N-dealkylation sites (N-methyl/N-ethyl adjacent to an activating group) is 2. The minimum Gasteiger partial charge on any atom is -0.477 e. The van der Waals surface area contributed by atoms with Crippen molar-refractivity contribution in [2.75, 3.05) is 27.2 Å². The molecule has 19 heavy (non-hydrogen) atoms. The summed E-state index contributed by atoms with van der Waals surface area (Å²) < 4.78 is 0. The predicted molar refractivity (Wildman–Crippen MR) is 65.5 cm³/mol. The van der Waals surface area contributed by atoms with Gasteiger partial charge in [-0.3, -0.25) is 9.59 Å². The van der Waals surface area contributed by atoms with E-state index in [0.717, 1.165) is 0 Å². The molecule has 2 amide bonds. The number of oxime groups is 1. The van der Waals surface area contributed by atoms with Crippen molar-refractivity contribution in [2.24, 2.45) is 5.16 Å². The predicted octanol–water partition coefficient (Wildman–Crippen LogP) is -0.847. The SMILES string of the molecule is CCN(CC(=O)N(C)C)C(=O)C1CC(C(=O)O)=NO1. The third kappa shape index (κ3) is 3.67. The summed E-state index contributed by atoms with van der Waals surface area (Å²) in [5.41, 5.74) is -0.187. The third-order valence-electron chi connectivity index (χ3n) is 2.71. The first-order chi connectivity index (χ1) is 8.86. The van der Waals surface area contributed by atoms with E-state index in [1.807, 2.05) is 0 Å². The lowest BCUT2D eigenvalue weighted by Crippen LogP contribution is -2.44. The van der Waals surface area contributed by atoms with E-state index in [0.29, 0.717) is 6.54 Å². The second kappa shape index (κ2) is 6.17. The highest BCUT2D eigenvalue weighted by molar-refractivity contribution is 6.36. The van der Waals surface area contributed by atoms with Crippen molar-refractivity contribution in [2.45, 2.75) is 19.4 Å². The van der Waals surface area contributed by atoms with Crippen LogP contribution in [0, 0.1) is 0 Å². The Morgan fingerprint density at radius 1 is 1.42 bits per heavy atom. The molecular formula is C11H17N3O5. The summed E-state index contributed by atoms with van der Waals surface area (Å²) in [4.78, 5) is 41.8. The number of carboxylic acid groups (broad SMARTS) is 1. The van der Waals surface area contributed by atoms with Crippen LogP contribution in [0.15, 0.2) is 5.16 Å². The molecule has 0 aromatic heterocycles. The number of carboxylic acids is 1. The molecular weight excluding hydrogens is 254 g/mol. The minimum atomic E-state index is -1.21. The van der Waals surface area contributed by atoms with Crippen molar-refractivity contribution in [3.05, 3.63) is 0 Å². The maximum absolute atomic E-state index is 12.1. The van der Waals surface area contributed by atoms with Crippen molar-refractivity contribution in [1.82, 2.24) is 9.80 Å². The summed E-state index contributed by atoms with van der Waals surface area (Å²) in [7, 11) is 3.19. The Hall–Kier alpha value is -2.12. The highest BCUT2D eigenvalue weighted by Crippen LogP contribution is 2.13. The summed E-state index contributed by atoms with van der Waals surface area (Å²) in [5, 5.41) is 12.1. The molecule has 0 saturated carbocycles. The highest BCUT2D eigenvalue weighted by atomic mass is 16.6. The summed E-state index contributed by atoms with van der Waals surface area (Å²) in [6.07, 6.45) is -1.04. The van der Waals surface area contributed by atoms with Crippen molar-refractivity contribution in [3.63, 3.8) is 0 Å². The molecule has 8 heteroatoms. The van der Waals surface area contributed by atoms with Crippen molar-refractivity contribution in [1.29, 1.82) is 0 Å². The number of carbonyl (C=O) groups is 3. The molecule has 1 aliphatic heterocycles. The number of rotatable bonds is 5. The van der Waals surface area contributed by atoms with Crippen molar-refractivity contribution in [3.8, 4) is 0 Å². The molecule has 1 heterocycles. The molecule has 0 radical (unpaired) electrons. The second-order valence-corrected chi connectivity index (χ2v) is 4.28. The Labute approximate surface area is 110 Å². The van der Waals surface area contributed by atoms with Crippen LogP contribution in [0.4, 0.5) is 0 Å². The molecule has 0 fully saturated rings. The van der Waals surface area contributed by atoms with E-state index in [4.69, 9.17) is 9.94 Å². The fourth-order valence-electron chi connectivity index (χ4n) is 1.49. The van der Waals surface area contributed by atoms with Gasteiger partial charge in [-0.2, -0.15) is 0 Å². The molecule has 0 spiro atoms. The Kier molecular flexibility index (Phi) is 4.85. The van der Waals surface area contributed by atoms with Gasteiger partial charge in [-0.05, 0) is 6.92 Å². The van der Waals surface area contributed by atoms with E-state index in [9.17, 15) is 14.4 Å². The minimum absolute atomic E-state index is 0.0649. The van der Waals surface area contributed by atoms with E-state index in [2.05, 4.69) is 5.16 Å². The third-order valence-corrected chi connectivity index (χ3v) is 2.71. The molecule has 1 aliphatic rings. The lowest BCUT2D eigenvalue weighted by molar-refractivity contribution is -0.146. The molecule has 1 rings (SSSR count). The average molecular weight is 271 g/mol. The Morgan fingerprint density at radius 3 is 2.47 bits per heavy atom. The van der Waals surface area contributed by atoms with Gasteiger partial charge in [-0.1, -0.05) is 5.16 Å². The monoisotopic (exact) mass is 271 g/mol. The standard InChI is InChI=1S/C11H17N3O5/c1-4-14(6-9(15)13(2)3)10(16)8-5-7(11(17)18)12-19-8/h8H,4-6H2,1-3H3,(H,17,18). The maximum atomic E-state index is 12.1. The second-order valence-electron chi connectivity index (χ2n) is 4.28. The fourth-order valence-corrected chi connectivity index (χ4v) is 1.49. The van der Waals surface area contributed by atoms with Gasteiger partial charge in [0.15, 0.2) is 5.71 Å². The molecule has 8 nitrogen and oxygen atoms in total. The summed E-state index contributed by atoms with van der Waals surface area (Å²) in [6.45, 7) is 2.00. The Balaban J connectivity index is 2.61. The van der Waals surface area contributed by atoms with Crippen LogP contribution in [0.25, 0.3) is 0 Å². The zero-order valence-corrected chi connectivity index (χ0v) is 11.1. The van der Waals surface area contributed by atoms with Gasteiger partial charge >= 0.3 is 5.97 Å². The van der Waals surface area contributed by atoms with Crippen LogP contribution in [-0.4, -0.2) is 71.7 Å². The van der Waals surface area contributed by atoms with Crippen LogP contribution in [0.5, 0.6) is 0 Å². The van der Waals surface area contributed by atoms with E-state index in [1.165, 1.54) is 9.80 Å². The molecule has 0 bridgehead atoms. The van der Waals surface area contributed by atoms with Crippen LogP contribution in [0.2, 0.25) is 0 Å². The number of amides is 2. The first-order valence-corrected chi connectivity index (χ1v) is 5.81. The number of nitrogens with zero attached hydrogens (tertiary/aromatic N) is 3. The lowest BCUT2D eigenvalue weighted by atomic mass is 10.1. The first kappa shape index (κ1) is 14.9. The van der Waals surface area contributed by atoms with Gasteiger partial charge in [0.2, 0.25) is 12.0 Å². The summed E-state index contributed by atoms with van der Waals surface area (Å²) in [6, 6.07) is 0. The quantitative estimate of drug-likeness (QED) is 0.702. The average Bonchev–Trinajstić information content (AvgIpc) is 2.84. The number of carbonyl (C=O) groups excluding carboxylic acids is 2.